The first-order valence-corrected chi connectivity index (χ1v) is 1.41. The molecule has 0 atom stereocenters. The third-order valence-electron chi connectivity index (χ3n) is 0. The van der Waals surface area contributed by atoms with Gasteiger partial charge in [-0.1, -0.05) is 0 Å². The Balaban J connectivity index is -0.00000000600. The van der Waals surface area contributed by atoms with Crippen LogP contribution >= 0.6 is 0 Å². The summed E-state index contributed by atoms with van der Waals surface area (Å²) in [6.45, 7) is 0. The summed E-state index contributed by atoms with van der Waals surface area (Å²) < 4.78 is 0. The van der Waals surface area contributed by atoms with E-state index >= 15 is 0 Å². The molecule has 0 unspecified atom stereocenters. The summed E-state index contributed by atoms with van der Waals surface area (Å²) in [5.41, 5.74) is 0. The average molecular weight is 304 g/mol. The Bertz CT molecular complexity index is 41.8. The van der Waals surface area contributed by atoms with E-state index in [-0.39, 0.29) is 243 Å². The molecule has 0 aromatic carbocycles. The van der Waals surface area contributed by atoms with Crippen LogP contribution in [0.1, 0.15) is 0 Å². The largest absolute Gasteiger partial charge is 1.00 e. The molecule has 14 heteroatoms. The van der Waals surface area contributed by atoms with Gasteiger partial charge < -0.3 is 30.1 Å². The van der Waals surface area contributed by atoms with E-state index < -0.39 is 14.6 Å². The molecule has 0 heterocycles. The second-order valence-corrected chi connectivity index (χ2v) is 0.577. The molecule has 0 saturated heterocycles. The van der Waals surface area contributed by atoms with Crippen molar-refractivity contribution in [2.75, 3.05) is 0 Å². The normalized spacial score (nSPS) is 3.86. The van der Waals surface area contributed by atoms with Crippen molar-refractivity contribution in [3.05, 3.63) is 0 Å². The molecule has 48 valence electrons. The molecule has 14 heavy (non-hydrogen) atoms. The minimum absolute atomic E-state index is 0. The molecule has 0 aromatic heterocycles. The van der Waals surface area contributed by atoms with Crippen LogP contribution in [0, 0.1) is 0 Å². The Morgan fingerprint density at radius 3 is 0.429 bits per heavy atom. The van der Waals surface area contributed by atoms with Gasteiger partial charge in [0.1, 0.15) is 0 Å². The molecule has 0 aliphatic heterocycles. The Morgan fingerprint density at radius 2 is 0.429 bits per heavy atom. The monoisotopic (exact) mass is 304 g/mol. The Hall–Kier alpha value is 7.80. The molecule has 0 rings (SSSR count). The van der Waals surface area contributed by atoms with Crippen molar-refractivity contribution in [1.82, 2.24) is 0 Å². The van der Waals surface area contributed by atoms with E-state index in [1.165, 1.54) is 0 Å². The molecule has 0 aliphatic rings. The molecule has 0 fully saturated rings. The van der Waals surface area contributed by atoms with Crippen molar-refractivity contribution in [3.8, 4) is 0 Å². The maximum atomic E-state index is 8.42. The van der Waals surface area contributed by atoms with Crippen molar-refractivity contribution < 1.29 is 273 Å². The molecule has 0 saturated carbocycles. The van der Waals surface area contributed by atoms with E-state index in [9.17, 15) is 0 Å². The summed E-state index contributed by atoms with van der Waals surface area (Å²) in [5, 5.41) is 50.5. The standard InChI is InChI=1S/2BO3.3K.3Na/c2*2-1(3)4;;;;;;/q2*-3;6*+1. The minimum Gasteiger partial charge on any atom is -0.907 e. The van der Waals surface area contributed by atoms with E-state index in [0.717, 1.165) is 0 Å². The molecule has 0 spiro atoms. The zero-order valence-electron chi connectivity index (χ0n) is 9.60. The summed E-state index contributed by atoms with van der Waals surface area (Å²) in [7, 11) is -5.83. The second-order valence-electron chi connectivity index (χ2n) is 0.577. The van der Waals surface area contributed by atoms with Crippen molar-refractivity contribution in [3.63, 3.8) is 0 Å². The molecule has 0 aliphatic carbocycles. The van der Waals surface area contributed by atoms with Crippen molar-refractivity contribution in [2.24, 2.45) is 0 Å². The Morgan fingerprint density at radius 1 is 0.429 bits per heavy atom. The smallest absolute Gasteiger partial charge is 0.907 e. The predicted molar refractivity (Wildman–Crippen MR) is 11.5 cm³/mol. The zero-order valence-corrected chi connectivity index (χ0v) is 25.0. The molecule has 0 amide bonds. The van der Waals surface area contributed by atoms with Crippen LogP contribution in [0.4, 0.5) is 0 Å². The van der Waals surface area contributed by atoms with Crippen molar-refractivity contribution in [2.45, 2.75) is 0 Å². The van der Waals surface area contributed by atoms with E-state index in [4.69, 9.17) is 30.1 Å². The van der Waals surface area contributed by atoms with E-state index in [1.54, 1.807) is 0 Å². The van der Waals surface area contributed by atoms with Gasteiger partial charge in [-0.25, -0.2) is 0 Å². The van der Waals surface area contributed by atoms with Gasteiger partial charge >= 0.3 is 243 Å². The van der Waals surface area contributed by atoms with Crippen molar-refractivity contribution in [1.29, 1.82) is 0 Å². The van der Waals surface area contributed by atoms with Crippen LogP contribution in [0.2, 0.25) is 0 Å². The number of hydrogen-bond acceptors (Lipinski definition) is 6. The van der Waals surface area contributed by atoms with E-state index in [0.29, 0.717) is 0 Å². The third-order valence-corrected chi connectivity index (χ3v) is 0. The van der Waals surface area contributed by atoms with Crippen LogP contribution in [-0.4, -0.2) is 14.6 Å². The van der Waals surface area contributed by atoms with Gasteiger partial charge in [-0.2, -0.15) is 0 Å². The van der Waals surface area contributed by atoms with Crippen LogP contribution in [0.3, 0.4) is 0 Å². The van der Waals surface area contributed by atoms with Crippen LogP contribution < -0.4 is 273 Å². The zero-order chi connectivity index (χ0) is 7.15. The summed E-state index contributed by atoms with van der Waals surface area (Å²) in [6, 6.07) is 0. The molecule has 0 radical (unpaired) electrons. The van der Waals surface area contributed by atoms with Gasteiger partial charge in [0.25, 0.3) is 0 Å². The summed E-state index contributed by atoms with van der Waals surface area (Å²) >= 11 is 0. The molecule has 6 nitrogen and oxygen atoms in total. The van der Waals surface area contributed by atoms with Gasteiger partial charge in [0.05, 0.1) is 0 Å². The third kappa shape index (κ3) is 115. The molecular formula is B2K3Na3O6. The van der Waals surface area contributed by atoms with Crippen LogP contribution in [0.25, 0.3) is 0 Å². The fourth-order valence-electron chi connectivity index (χ4n) is 0. The maximum Gasteiger partial charge on any atom is 1.00 e. The van der Waals surface area contributed by atoms with Gasteiger partial charge in [-0.05, 0) is 0 Å². The fourth-order valence-corrected chi connectivity index (χ4v) is 0. The summed E-state index contributed by atoms with van der Waals surface area (Å²) in [5.74, 6) is 0. The fraction of sp³-hybridized carbons (Fsp3) is 0. The first kappa shape index (κ1) is 49.5. The first-order valence-electron chi connectivity index (χ1n) is 1.41. The number of rotatable bonds is 0. The van der Waals surface area contributed by atoms with Gasteiger partial charge in [0, 0.05) is 0 Å². The summed E-state index contributed by atoms with van der Waals surface area (Å²) in [6.07, 6.45) is 0. The van der Waals surface area contributed by atoms with Crippen LogP contribution in [-0.2, 0) is 0 Å². The SMILES string of the molecule is [K+].[K+].[K+].[Na+].[Na+].[Na+].[O-]B([O-])[O-].[O-]B([O-])[O-]. The van der Waals surface area contributed by atoms with Gasteiger partial charge in [0.15, 0.2) is 0 Å². The average Bonchev–Trinajstić information content (AvgIpc) is 1.25. The van der Waals surface area contributed by atoms with E-state index in [1.807, 2.05) is 0 Å². The van der Waals surface area contributed by atoms with Crippen molar-refractivity contribution >= 4 is 14.6 Å². The maximum absolute atomic E-state index is 8.42. The topological polar surface area (TPSA) is 138 Å². The molecular weight excluding hydrogens is 304 g/mol. The molecule has 0 N–H and O–H groups in total. The quantitative estimate of drug-likeness (QED) is 0.407. The van der Waals surface area contributed by atoms with Crippen LogP contribution in [0.15, 0.2) is 0 Å². The molecule has 0 bridgehead atoms. The van der Waals surface area contributed by atoms with Gasteiger partial charge in [-0.15, -0.1) is 0 Å². The van der Waals surface area contributed by atoms with Crippen LogP contribution in [0.5, 0.6) is 0 Å². The number of hydrogen-bond donors (Lipinski definition) is 0. The second kappa shape index (κ2) is 42.8. The van der Waals surface area contributed by atoms with Gasteiger partial charge in [0.2, 0.25) is 0 Å². The Labute approximate surface area is 278 Å². The minimum atomic E-state index is -2.92. The van der Waals surface area contributed by atoms with Gasteiger partial charge in [-0.3, -0.25) is 14.6 Å². The molecule has 0 aromatic rings. The van der Waals surface area contributed by atoms with E-state index in [2.05, 4.69) is 0 Å². The Kier molecular flexibility index (Phi) is 151. The summed E-state index contributed by atoms with van der Waals surface area (Å²) in [4.78, 5) is 0. The predicted octanol–water partition coefficient (Wildman–Crippen LogP) is -25.9. The first-order chi connectivity index (χ1) is 3.46.